The monoisotopic (exact) mass is 295 g/mol. The number of aromatic nitrogens is 1. The highest BCUT2D eigenvalue weighted by atomic mass is 16.5. The quantitative estimate of drug-likeness (QED) is 0.790. The van der Waals surface area contributed by atoms with Crippen molar-refractivity contribution in [3.05, 3.63) is 24.0 Å². The number of esters is 1. The molecule has 0 fully saturated rings. The number of hydrogen-bond donors (Lipinski definition) is 2. The zero-order valence-electron chi connectivity index (χ0n) is 12.0. The van der Waals surface area contributed by atoms with Crippen molar-refractivity contribution >= 4 is 23.7 Å². The normalized spacial score (nSPS) is 10.1. The first-order chi connectivity index (χ1) is 9.85. The lowest BCUT2D eigenvalue weighted by atomic mass is 10.3. The van der Waals surface area contributed by atoms with Crippen molar-refractivity contribution in [2.75, 3.05) is 19.0 Å². The fourth-order valence-corrected chi connectivity index (χ4v) is 1.48. The number of pyridine rings is 1. The molecule has 114 valence electrons. The summed E-state index contributed by atoms with van der Waals surface area (Å²) in [7, 11) is 1.24. The molecule has 0 radical (unpaired) electrons. The third kappa shape index (κ3) is 4.75. The minimum atomic E-state index is -1.15. The molecule has 0 aliphatic rings. The van der Waals surface area contributed by atoms with E-state index in [0.717, 1.165) is 0 Å². The summed E-state index contributed by atoms with van der Waals surface area (Å²) in [6.45, 7) is 3.34. The highest BCUT2D eigenvalue weighted by Crippen LogP contribution is 2.09. The van der Waals surface area contributed by atoms with Crippen molar-refractivity contribution in [2.24, 2.45) is 0 Å². The van der Waals surface area contributed by atoms with Crippen molar-refractivity contribution < 1.29 is 24.2 Å². The van der Waals surface area contributed by atoms with Crippen LogP contribution in [0, 0.1) is 0 Å². The van der Waals surface area contributed by atoms with Crippen molar-refractivity contribution in [1.82, 2.24) is 9.88 Å². The first kappa shape index (κ1) is 16.4. The molecule has 0 aliphatic carbocycles. The van der Waals surface area contributed by atoms with Gasteiger partial charge in [-0.1, -0.05) is 0 Å². The first-order valence-corrected chi connectivity index (χ1v) is 6.19. The van der Waals surface area contributed by atoms with E-state index in [2.05, 4.69) is 15.0 Å². The maximum absolute atomic E-state index is 12.1. The molecule has 1 heterocycles. The molecule has 0 aromatic carbocycles. The van der Waals surface area contributed by atoms with Gasteiger partial charge in [0.05, 0.1) is 19.0 Å². The summed E-state index contributed by atoms with van der Waals surface area (Å²) in [6, 6.07) is 1.99. The van der Waals surface area contributed by atoms with E-state index in [1.54, 1.807) is 13.8 Å². The number of hydrogen-bond acceptors (Lipinski definition) is 5. The van der Waals surface area contributed by atoms with Crippen LogP contribution in [0.4, 0.5) is 10.5 Å². The third-order valence-electron chi connectivity index (χ3n) is 2.65. The second-order valence-electron chi connectivity index (χ2n) is 4.47. The van der Waals surface area contributed by atoms with E-state index in [4.69, 9.17) is 5.11 Å². The summed E-state index contributed by atoms with van der Waals surface area (Å²) in [6.07, 6.45) is 1.23. The molecular weight excluding hydrogens is 278 g/mol. The molecule has 8 heteroatoms. The number of rotatable bonds is 5. The van der Waals surface area contributed by atoms with Gasteiger partial charge in [0.15, 0.2) is 0 Å². The van der Waals surface area contributed by atoms with E-state index in [1.165, 1.54) is 30.3 Å². The molecule has 1 rings (SSSR count). The van der Waals surface area contributed by atoms with E-state index in [-0.39, 0.29) is 18.3 Å². The summed E-state index contributed by atoms with van der Waals surface area (Å²) in [5, 5.41) is 11.3. The average Bonchev–Trinajstić information content (AvgIpc) is 2.44. The lowest BCUT2D eigenvalue weighted by Crippen LogP contribution is -2.43. The summed E-state index contributed by atoms with van der Waals surface area (Å²) in [5.74, 6) is -1.68. The summed E-state index contributed by atoms with van der Waals surface area (Å²) in [4.78, 5) is 39.0. The predicted octanol–water partition coefficient (Wildman–Crippen LogP) is 1.20. The van der Waals surface area contributed by atoms with E-state index in [1.807, 2.05) is 0 Å². The highest BCUT2D eigenvalue weighted by molar-refractivity contribution is 5.92. The van der Waals surface area contributed by atoms with Gasteiger partial charge in [-0.05, 0) is 26.0 Å². The Morgan fingerprint density at radius 3 is 2.48 bits per heavy atom. The van der Waals surface area contributed by atoms with E-state index < -0.39 is 18.0 Å². The third-order valence-corrected chi connectivity index (χ3v) is 2.65. The fourth-order valence-electron chi connectivity index (χ4n) is 1.48. The minimum absolute atomic E-state index is 0.122. The number of amides is 2. The molecule has 2 amide bonds. The molecule has 21 heavy (non-hydrogen) atoms. The largest absolute Gasteiger partial charge is 0.477 e. The molecule has 0 spiro atoms. The Morgan fingerprint density at radius 2 is 2.05 bits per heavy atom. The van der Waals surface area contributed by atoms with Gasteiger partial charge in [-0.3, -0.25) is 4.79 Å². The second-order valence-corrected chi connectivity index (χ2v) is 4.47. The molecule has 1 aromatic heterocycles. The van der Waals surface area contributed by atoms with E-state index in [0.29, 0.717) is 5.69 Å². The Morgan fingerprint density at radius 1 is 1.38 bits per heavy atom. The number of carbonyl (C=O) groups is 3. The van der Waals surface area contributed by atoms with Gasteiger partial charge in [0.1, 0.15) is 12.2 Å². The van der Waals surface area contributed by atoms with Gasteiger partial charge < -0.3 is 20.1 Å². The van der Waals surface area contributed by atoms with Gasteiger partial charge in [0, 0.05) is 6.04 Å². The molecule has 0 saturated carbocycles. The number of aromatic carboxylic acids is 1. The van der Waals surface area contributed by atoms with Crippen LogP contribution in [0.2, 0.25) is 0 Å². The Hall–Kier alpha value is -2.64. The van der Waals surface area contributed by atoms with Crippen molar-refractivity contribution in [3.63, 3.8) is 0 Å². The number of anilines is 1. The average molecular weight is 295 g/mol. The Kier molecular flexibility index (Phi) is 5.65. The topological polar surface area (TPSA) is 109 Å². The van der Waals surface area contributed by atoms with E-state index in [9.17, 15) is 14.4 Å². The van der Waals surface area contributed by atoms with Crippen LogP contribution in [0.25, 0.3) is 0 Å². The van der Waals surface area contributed by atoms with Gasteiger partial charge in [-0.25, -0.2) is 14.6 Å². The van der Waals surface area contributed by atoms with Gasteiger partial charge in [0.2, 0.25) is 0 Å². The van der Waals surface area contributed by atoms with Crippen LogP contribution in [0.3, 0.4) is 0 Å². The smallest absolute Gasteiger partial charge is 0.354 e. The van der Waals surface area contributed by atoms with Crippen LogP contribution in [0.1, 0.15) is 24.3 Å². The zero-order chi connectivity index (χ0) is 16.0. The molecule has 0 atom stereocenters. The molecule has 0 aliphatic heterocycles. The van der Waals surface area contributed by atoms with Crippen molar-refractivity contribution in [2.45, 2.75) is 19.9 Å². The van der Waals surface area contributed by atoms with Crippen LogP contribution in [0.5, 0.6) is 0 Å². The Balaban J connectivity index is 2.76. The van der Waals surface area contributed by atoms with Crippen LogP contribution in [-0.4, -0.2) is 52.7 Å². The van der Waals surface area contributed by atoms with Crippen LogP contribution in [0.15, 0.2) is 18.3 Å². The molecule has 0 bridgehead atoms. The molecule has 0 saturated heterocycles. The highest BCUT2D eigenvalue weighted by Gasteiger charge is 2.20. The number of carbonyl (C=O) groups excluding carboxylic acids is 2. The summed E-state index contributed by atoms with van der Waals surface area (Å²) >= 11 is 0. The molecular formula is C13H17N3O5. The number of urea groups is 1. The zero-order valence-corrected chi connectivity index (χ0v) is 12.0. The van der Waals surface area contributed by atoms with Gasteiger partial charge in [0.25, 0.3) is 0 Å². The summed E-state index contributed by atoms with van der Waals surface area (Å²) in [5.41, 5.74) is 0.212. The number of carboxylic acids is 1. The molecule has 2 N–H and O–H groups in total. The second kappa shape index (κ2) is 7.22. The standard InChI is InChI=1S/C13H17N3O5/c1-8(2)16(7-11(17)21-3)13(20)15-9-4-5-10(12(18)19)14-6-9/h4-6,8H,7H2,1-3H3,(H,15,20)(H,18,19). The van der Waals surface area contributed by atoms with Crippen LogP contribution >= 0.6 is 0 Å². The van der Waals surface area contributed by atoms with Crippen molar-refractivity contribution in [3.8, 4) is 0 Å². The SMILES string of the molecule is COC(=O)CN(C(=O)Nc1ccc(C(=O)O)nc1)C(C)C. The number of nitrogens with zero attached hydrogens (tertiary/aromatic N) is 2. The number of carboxylic acid groups (broad SMARTS) is 1. The maximum atomic E-state index is 12.1. The lowest BCUT2D eigenvalue weighted by Gasteiger charge is -2.25. The minimum Gasteiger partial charge on any atom is -0.477 e. The van der Waals surface area contributed by atoms with Gasteiger partial charge in [-0.15, -0.1) is 0 Å². The van der Waals surface area contributed by atoms with Crippen molar-refractivity contribution in [1.29, 1.82) is 0 Å². The molecule has 1 aromatic rings. The van der Waals surface area contributed by atoms with Gasteiger partial charge in [-0.2, -0.15) is 0 Å². The number of methoxy groups -OCH3 is 1. The van der Waals surface area contributed by atoms with Crippen LogP contribution < -0.4 is 5.32 Å². The van der Waals surface area contributed by atoms with E-state index >= 15 is 0 Å². The van der Waals surface area contributed by atoms with Gasteiger partial charge >= 0.3 is 18.0 Å². The van der Waals surface area contributed by atoms with Crippen LogP contribution in [-0.2, 0) is 9.53 Å². The first-order valence-electron chi connectivity index (χ1n) is 6.19. The number of nitrogens with one attached hydrogen (secondary N) is 1. The Bertz CT molecular complexity index is 527. The number of ether oxygens (including phenoxy) is 1. The Labute approximate surface area is 121 Å². The molecule has 0 unspecified atom stereocenters. The maximum Gasteiger partial charge on any atom is 0.354 e. The summed E-state index contributed by atoms with van der Waals surface area (Å²) < 4.78 is 4.54. The predicted molar refractivity (Wildman–Crippen MR) is 74.1 cm³/mol. The lowest BCUT2D eigenvalue weighted by molar-refractivity contribution is -0.141. The molecule has 8 nitrogen and oxygen atoms in total. The fraction of sp³-hybridized carbons (Fsp3) is 0.385.